The number of benzene rings is 2. The number of para-hydroxylation sites is 1. The van der Waals surface area contributed by atoms with Crippen molar-refractivity contribution in [1.82, 2.24) is 9.80 Å². The van der Waals surface area contributed by atoms with E-state index in [2.05, 4.69) is 11.0 Å². The number of hydrogen-bond donors (Lipinski definition) is 0. The number of amides is 1. The molecule has 0 aliphatic carbocycles. The van der Waals surface area contributed by atoms with Gasteiger partial charge in [-0.2, -0.15) is 5.26 Å². The van der Waals surface area contributed by atoms with Crippen LogP contribution in [0.5, 0.6) is 5.75 Å². The fraction of sp³-hybridized carbons (Fsp3) is 0.300. The lowest BCUT2D eigenvalue weighted by Crippen LogP contribution is -2.49. The van der Waals surface area contributed by atoms with Crippen molar-refractivity contribution in [3.8, 4) is 11.8 Å². The van der Waals surface area contributed by atoms with E-state index in [9.17, 15) is 10.1 Å². The third kappa shape index (κ3) is 3.82. The Bertz CT molecular complexity index is 809. The second-order valence-electron chi connectivity index (χ2n) is 6.11. The predicted octanol–water partition coefficient (Wildman–Crippen LogP) is 3.37. The van der Waals surface area contributed by atoms with Crippen molar-refractivity contribution in [3.05, 3.63) is 64.7 Å². The van der Waals surface area contributed by atoms with Crippen LogP contribution in [0.25, 0.3) is 0 Å². The van der Waals surface area contributed by atoms with Gasteiger partial charge in [-0.05, 0) is 29.8 Å². The minimum atomic E-state index is -0.337. The molecule has 2 aromatic carbocycles. The molecule has 0 aromatic heterocycles. The zero-order chi connectivity index (χ0) is 18.5. The summed E-state index contributed by atoms with van der Waals surface area (Å²) in [5, 5.41) is 10.3. The smallest absolute Gasteiger partial charge is 0.257 e. The number of piperazine rings is 1. The maximum Gasteiger partial charge on any atom is 0.257 e. The number of hydrogen-bond acceptors (Lipinski definition) is 4. The van der Waals surface area contributed by atoms with E-state index in [1.807, 2.05) is 29.2 Å². The third-order valence-corrected chi connectivity index (χ3v) is 4.86. The summed E-state index contributed by atoms with van der Waals surface area (Å²) in [4.78, 5) is 16.7. The van der Waals surface area contributed by atoms with E-state index in [0.717, 1.165) is 5.56 Å². The molecule has 2 aromatic rings. The second-order valence-corrected chi connectivity index (χ2v) is 6.55. The van der Waals surface area contributed by atoms with E-state index in [1.54, 1.807) is 31.4 Å². The van der Waals surface area contributed by atoms with Crippen molar-refractivity contribution < 1.29 is 9.53 Å². The van der Waals surface area contributed by atoms with Gasteiger partial charge in [0.25, 0.3) is 5.91 Å². The molecule has 1 fully saturated rings. The van der Waals surface area contributed by atoms with Crippen molar-refractivity contribution in [1.29, 1.82) is 5.26 Å². The molecule has 0 spiro atoms. The molecule has 134 valence electrons. The summed E-state index contributed by atoms with van der Waals surface area (Å²) < 4.78 is 5.29. The van der Waals surface area contributed by atoms with Crippen LogP contribution in [-0.4, -0.2) is 49.0 Å². The number of ether oxygens (including phenoxy) is 1. The molecule has 1 saturated heterocycles. The molecule has 0 radical (unpaired) electrons. The van der Waals surface area contributed by atoms with E-state index in [-0.39, 0.29) is 11.9 Å². The average Bonchev–Trinajstić information content (AvgIpc) is 2.70. The fourth-order valence-corrected chi connectivity index (χ4v) is 3.31. The van der Waals surface area contributed by atoms with Crippen LogP contribution in [0.4, 0.5) is 0 Å². The topological polar surface area (TPSA) is 56.6 Å². The normalized spacial score (nSPS) is 16.0. The van der Waals surface area contributed by atoms with Crippen molar-refractivity contribution >= 4 is 17.5 Å². The molecule has 1 amide bonds. The Morgan fingerprint density at radius 3 is 2.38 bits per heavy atom. The van der Waals surface area contributed by atoms with Gasteiger partial charge in [0, 0.05) is 31.2 Å². The first-order chi connectivity index (χ1) is 12.6. The predicted molar refractivity (Wildman–Crippen MR) is 100 cm³/mol. The molecule has 26 heavy (non-hydrogen) atoms. The lowest BCUT2D eigenvalue weighted by Gasteiger charge is -2.37. The Kier molecular flexibility index (Phi) is 5.77. The summed E-state index contributed by atoms with van der Waals surface area (Å²) in [6.45, 7) is 2.43. The lowest BCUT2D eigenvalue weighted by atomic mass is 10.1. The van der Waals surface area contributed by atoms with E-state index in [0.29, 0.717) is 42.5 Å². The van der Waals surface area contributed by atoms with Crippen molar-refractivity contribution in [3.63, 3.8) is 0 Å². The number of carbonyl (C=O) groups excluding carboxylic acids is 1. The minimum absolute atomic E-state index is 0.0397. The molecule has 1 heterocycles. The summed E-state index contributed by atoms with van der Waals surface area (Å²) in [5.74, 6) is 0.540. The summed E-state index contributed by atoms with van der Waals surface area (Å²) in [6.07, 6.45) is 0. The van der Waals surface area contributed by atoms with Gasteiger partial charge in [0.15, 0.2) is 0 Å². The van der Waals surface area contributed by atoms with Crippen LogP contribution in [0, 0.1) is 11.3 Å². The quantitative estimate of drug-likeness (QED) is 0.829. The van der Waals surface area contributed by atoms with Crippen LogP contribution in [0.3, 0.4) is 0 Å². The van der Waals surface area contributed by atoms with Gasteiger partial charge in [-0.1, -0.05) is 35.9 Å². The molecule has 0 N–H and O–H groups in total. The summed E-state index contributed by atoms with van der Waals surface area (Å²) in [7, 11) is 1.56. The van der Waals surface area contributed by atoms with Crippen LogP contribution in [0.15, 0.2) is 48.5 Å². The first kappa shape index (κ1) is 18.2. The number of nitriles is 1. The lowest BCUT2D eigenvalue weighted by molar-refractivity contribution is 0.0603. The molecule has 1 aliphatic heterocycles. The maximum atomic E-state index is 12.8. The molecule has 3 rings (SSSR count). The van der Waals surface area contributed by atoms with E-state index >= 15 is 0 Å². The SMILES string of the molecule is COc1ccccc1C(=O)N1CCN(C(C#N)c2ccc(Cl)cc2)CC1. The third-order valence-electron chi connectivity index (χ3n) is 4.61. The summed E-state index contributed by atoms with van der Waals surface area (Å²) >= 11 is 5.93. The maximum absolute atomic E-state index is 12.8. The molecular formula is C20H20ClN3O2. The Hall–Kier alpha value is -2.55. The molecule has 1 unspecified atom stereocenters. The van der Waals surface area contributed by atoms with E-state index in [4.69, 9.17) is 16.3 Å². The van der Waals surface area contributed by atoms with Crippen LogP contribution in [0.1, 0.15) is 22.0 Å². The van der Waals surface area contributed by atoms with Gasteiger partial charge in [-0.3, -0.25) is 9.69 Å². The van der Waals surface area contributed by atoms with Crippen molar-refractivity contribution in [2.75, 3.05) is 33.3 Å². The van der Waals surface area contributed by atoms with Gasteiger partial charge < -0.3 is 9.64 Å². The molecule has 1 aliphatic rings. The standard InChI is InChI=1S/C20H20ClN3O2/c1-26-19-5-3-2-4-17(19)20(25)24-12-10-23(11-13-24)18(14-22)15-6-8-16(21)9-7-15/h2-9,18H,10-13H2,1H3. The number of methoxy groups -OCH3 is 1. The molecule has 6 heteroatoms. The number of rotatable bonds is 4. The summed E-state index contributed by atoms with van der Waals surface area (Å²) in [5.41, 5.74) is 1.49. The Morgan fingerprint density at radius 2 is 1.77 bits per heavy atom. The largest absolute Gasteiger partial charge is 0.496 e. The molecule has 0 bridgehead atoms. The van der Waals surface area contributed by atoms with Gasteiger partial charge in [0.1, 0.15) is 11.8 Å². The second kappa shape index (κ2) is 8.22. The monoisotopic (exact) mass is 369 g/mol. The number of halogens is 1. The average molecular weight is 370 g/mol. The van der Waals surface area contributed by atoms with Crippen molar-refractivity contribution in [2.24, 2.45) is 0 Å². The van der Waals surface area contributed by atoms with Crippen LogP contribution < -0.4 is 4.74 Å². The first-order valence-electron chi connectivity index (χ1n) is 8.45. The number of carbonyl (C=O) groups is 1. The molecule has 5 nitrogen and oxygen atoms in total. The van der Waals surface area contributed by atoms with Gasteiger partial charge >= 0.3 is 0 Å². The van der Waals surface area contributed by atoms with Gasteiger partial charge in [0.2, 0.25) is 0 Å². The highest BCUT2D eigenvalue weighted by Gasteiger charge is 2.28. The summed E-state index contributed by atoms with van der Waals surface area (Å²) in [6, 6.07) is 16.6. The zero-order valence-electron chi connectivity index (χ0n) is 14.6. The van der Waals surface area contributed by atoms with Gasteiger partial charge in [-0.15, -0.1) is 0 Å². The number of nitrogens with zero attached hydrogens (tertiary/aromatic N) is 3. The van der Waals surface area contributed by atoms with Gasteiger partial charge in [0.05, 0.1) is 18.7 Å². The Balaban J connectivity index is 1.67. The van der Waals surface area contributed by atoms with E-state index in [1.165, 1.54) is 0 Å². The highest BCUT2D eigenvalue weighted by molar-refractivity contribution is 6.30. The molecule has 1 atom stereocenters. The minimum Gasteiger partial charge on any atom is -0.496 e. The molecular weight excluding hydrogens is 350 g/mol. The first-order valence-corrected chi connectivity index (χ1v) is 8.83. The highest BCUT2D eigenvalue weighted by atomic mass is 35.5. The highest BCUT2D eigenvalue weighted by Crippen LogP contribution is 2.25. The van der Waals surface area contributed by atoms with Gasteiger partial charge in [-0.25, -0.2) is 0 Å². The molecule has 0 saturated carbocycles. The Labute approximate surface area is 158 Å². The van der Waals surface area contributed by atoms with Crippen LogP contribution >= 0.6 is 11.6 Å². The fourth-order valence-electron chi connectivity index (χ4n) is 3.19. The zero-order valence-corrected chi connectivity index (χ0v) is 15.3. The van der Waals surface area contributed by atoms with Crippen molar-refractivity contribution in [2.45, 2.75) is 6.04 Å². The Morgan fingerprint density at radius 1 is 1.12 bits per heavy atom. The van der Waals surface area contributed by atoms with Crippen LogP contribution in [0.2, 0.25) is 5.02 Å². The van der Waals surface area contributed by atoms with Crippen LogP contribution in [-0.2, 0) is 0 Å². The van der Waals surface area contributed by atoms with E-state index < -0.39 is 0 Å².